The van der Waals surface area contributed by atoms with Crippen molar-refractivity contribution in [1.82, 2.24) is 15.5 Å². The van der Waals surface area contributed by atoms with Crippen LogP contribution in [0, 0.1) is 5.82 Å². The Morgan fingerprint density at radius 2 is 1.90 bits per heavy atom. The van der Waals surface area contributed by atoms with Gasteiger partial charge in [-0.15, -0.1) is 0 Å². The zero-order chi connectivity index (χ0) is 20.9. The van der Waals surface area contributed by atoms with Gasteiger partial charge in [-0.3, -0.25) is 9.59 Å². The Bertz CT molecular complexity index is 1050. The molecule has 2 amide bonds. The summed E-state index contributed by atoms with van der Waals surface area (Å²) >= 11 is 7.09. The summed E-state index contributed by atoms with van der Waals surface area (Å²) in [4.78, 5) is 28.8. The fourth-order valence-electron chi connectivity index (χ4n) is 4.41. The van der Waals surface area contributed by atoms with Gasteiger partial charge in [-0.25, -0.2) is 4.39 Å². The standard InChI is InChI=1S/C20H18ClFN4O3S/c21-13-3-2-12(6-14(13)22)29-7-17(27)23-19-8-20(9-19,10-19)24-18(28)11-1-4-16-15(5-11)25-26-30-16/h1-6,25-26H,7-10H2,(H,23,27)(H,24,28). The number of ether oxygens (including phenoxy) is 1. The first-order chi connectivity index (χ1) is 14.4. The third-order valence-electron chi connectivity index (χ3n) is 5.66. The topological polar surface area (TPSA) is 91.5 Å². The number of amides is 2. The van der Waals surface area contributed by atoms with E-state index in [1.165, 1.54) is 24.1 Å². The van der Waals surface area contributed by atoms with Gasteiger partial charge in [0.1, 0.15) is 11.6 Å². The normalized spacial score (nSPS) is 25.3. The highest BCUT2D eigenvalue weighted by Crippen LogP contribution is 2.60. The second-order valence-electron chi connectivity index (χ2n) is 8.00. The van der Waals surface area contributed by atoms with Gasteiger partial charge in [-0.2, -0.15) is 4.83 Å². The Labute approximate surface area is 181 Å². The molecule has 10 heteroatoms. The molecular formula is C20H18ClFN4O3S. The van der Waals surface area contributed by atoms with Crippen LogP contribution < -0.4 is 25.6 Å². The van der Waals surface area contributed by atoms with Crippen LogP contribution >= 0.6 is 23.5 Å². The summed E-state index contributed by atoms with van der Waals surface area (Å²) in [6, 6.07) is 9.55. The van der Waals surface area contributed by atoms with Crippen molar-refractivity contribution in [2.24, 2.45) is 0 Å². The lowest BCUT2D eigenvalue weighted by atomic mass is 9.44. The van der Waals surface area contributed by atoms with Gasteiger partial charge >= 0.3 is 0 Å². The van der Waals surface area contributed by atoms with Crippen LogP contribution in [0.1, 0.15) is 29.6 Å². The molecule has 7 nitrogen and oxygen atoms in total. The van der Waals surface area contributed by atoms with Crippen LogP contribution in [0.5, 0.6) is 5.75 Å². The SMILES string of the molecule is O=C(COc1ccc(Cl)c(F)c1)NC12CC(NC(=O)c3ccc4c(c3)NNS4)(C1)C2. The van der Waals surface area contributed by atoms with E-state index in [2.05, 4.69) is 20.9 Å². The third-order valence-corrected chi connectivity index (χ3v) is 6.75. The first-order valence-electron chi connectivity index (χ1n) is 9.39. The zero-order valence-corrected chi connectivity index (χ0v) is 17.3. The first kappa shape index (κ1) is 19.5. The number of carbonyl (C=O) groups excluding carboxylic acids is 2. The number of halogens is 2. The summed E-state index contributed by atoms with van der Waals surface area (Å²) in [5, 5.41) is 6.07. The molecule has 0 unspecified atom stereocenters. The lowest BCUT2D eigenvalue weighted by molar-refractivity contribution is -0.141. The highest BCUT2D eigenvalue weighted by molar-refractivity contribution is 7.98. The number of fused-ring (bicyclic) bond motifs is 1. The van der Waals surface area contributed by atoms with Crippen LogP contribution in [-0.2, 0) is 4.79 Å². The van der Waals surface area contributed by atoms with Crippen LogP contribution in [0.4, 0.5) is 10.1 Å². The monoisotopic (exact) mass is 448 g/mol. The van der Waals surface area contributed by atoms with Crippen molar-refractivity contribution in [3.05, 3.63) is 52.8 Å². The fraction of sp³-hybridized carbons (Fsp3) is 0.300. The van der Waals surface area contributed by atoms with E-state index in [1.807, 2.05) is 12.1 Å². The quantitative estimate of drug-likeness (QED) is 0.508. The van der Waals surface area contributed by atoms with Gasteiger partial charge < -0.3 is 20.8 Å². The molecule has 1 heterocycles. The van der Waals surface area contributed by atoms with Crippen LogP contribution in [0.25, 0.3) is 0 Å². The molecule has 2 aromatic carbocycles. The summed E-state index contributed by atoms with van der Waals surface area (Å²) in [6.45, 7) is -0.212. The van der Waals surface area contributed by atoms with Gasteiger partial charge in [0.25, 0.3) is 11.8 Å². The number of hydrazine groups is 1. The Kier molecular flexibility index (Phi) is 4.57. The molecule has 4 aliphatic rings. The molecule has 0 aromatic heterocycles. The predicted octanol–water partition coefficient (Wildman–Crippen LogP) is 3.02. The Morgan fingerprint density at radius 3 is 2.67 bits per heavy atom. The largest absolute Gasteiger partial charge is 0.484 e. The molecular weight excluding hydrogens is 431 g/mol. The molecule has 0 spiro atoms. The maximum absolute atomic E-state index is 13.4. The number of benzene rings is 2. The molecule has 0 radical (unpaired) electrons. The Balaban J connectivity index is 1.10. The van der Waals surface area contributed by atoms with E-state index in [9.17, 15) is 14.0 Å². The fourth-order valence-corrected chi connectivity index (χ4v) is 5.15. The van der Waals surface area contributed by atoms with Gasteiger partial charge in [0.05, 0.1) is 10.7 Å². The molecule has 6 rings (SSSR count). The molecule has 1 aliphatic heterocycles. The minimum absolute atomic E-state index is 0.000259. The van der Waals surface area contributed by atoms with Crippen molar-refractivity contribution in [3.63, 3.8) is 0 Å². The number of hydrogen-bond acceptors (Lipinski definition) is 6. The highest BCUT2D eigenvalue weighted by Gasteiger charge is 2.69. The molecule has 3 aliphatic carbocycles. The van der Waals surface area contributed by atoms with Crippen molar-refractivity contribution in [1.29, 1.82) is 0 Å². The third kappa shape index (κ3) is 3.46. The predicted molar refractivity (Wildman–Crippen MR) is 111 cm³/mol. The van der Waals surface area contributed by atoms with E-state index >= 15 is 0 Å². The van der Waals surface area contributed by atoms with Crippen LogP contribution in [0.3, 0.4) is 0 Å². The average molecular weight is 449 g/mol. The lowest BCUT2D eigenvalue weighted by Crippen LogP contribution is -2.84. The molecule has 3 fully saturated rings. The van der Waals surface area contributed by atoms with Crippen LogP contribution in [0.2, 0.25) is 5.02 Å². The second-order valence-corrected chi connectivity index (χ2v) is 9.25. The van der Waals surface area contributed by atoms with Gasteiger partial charge in [0.2, 0.25) is 0 Å². The highest BCUT2D eigenvalue weighted by atomic mass is 35.5. The smallest absolute Gasteiger partial charge is 0.258 e. The molecule has 0 saturated heterocycles. The molecule has 2 aromatic rings. The van der Waals surface area contributed by atoms with Crippen LogP contribution in [0.15, 0.2) is 41.3 Å². The maximum Gasteiger partial charge on any atom is 0.258 e. The minimum Gasteiger partial charge on any atom is -0.484 e. The summed E-state index contributed by atoms with van der Waals surface area (Å²) in [7, 11) is 0. The molecule has 4 N–H and O–H groups in total. The van der Waals surface area contributed by atoms with Gasteiger partial charge in [-0.1, -0.05) is 11.6 Å². The first-order valence-corrected chi connectivity index (χ1v) is 10.6. The second kappa shape index (κ2) is 7.04. The van der Waals surface area contributed by atoms with E-state index in [1.54, 1.807) is 6.07 Å². The van der Waals surface area contributed by atoms with E-state index < -0.39 is 5.82 Å². The Morgan fingerprint density at radius 1 is 1.13 bits per heavy atom. The van der Waals surface area contributed by atoms with E-state index in [4.69, 9.17) is 16.3 Å². The summed E-state index contributed by atoms with van der Waals surface area (Å²) in [5.41, 5.74) is 3.93. The maximum atomic E-state index is 13.4. The number of hydrogen-bond donors (Lipinski definition) is 4. The molecule has 0 atom stereocenters. The van der Waals surface area contributed by atoms with E-state index in [0.29, 0.717) is 24.8 Å². The molecule has 30 heavy (non-hydrogen) atoms. The summed E-state index contributed by atoms with van der Waals surface area (Å²) in [6.07, 6.45) is 2.06. The molecule has 2 bridgehead atoms. The average Bonchev–Trinajstić information content (AvgIpc) is 3.14. The van der Waals surface area contributed by atoms with Crippen molar-refractivity contribution in [2.45, 2.75) is 35.2 Å². The van der Waals surface area contributed by atoms with Gasteiger partial charge in [-0.05, 0) is 61.5 Å². The molecule has 3 saturated carbocycles. The minimum atomic E-state index is -0.596. The number of nitrogens with one attached hydrogen (secondary N) is 4. The number of anilines is 1. The summed E-state index contributed by atoms with van der Waals surface area (Å²) < 4.78 is 18.8. The lowest BCUT2D eigenvalue weighted by Gasteiger charge is -2.70. The van der Waals surface area contributed by atoms with Crippen LogP contribution in [-0.4, -0.2) is 29.5 Å². The Hall–Kier alpha value is -2.49. The molecule has 156 valence electrons. The van der Waals surface area contributed by atoms with Crippen molar-refractivity contribution >= 4 is 41.1 Å². The van der Waals surface area contributed by atoms with E-state index in [0.717, 1.165) is 16.6 Å². The van der Waals surface area contributed by atoms with Crippen molar-refractivity contribution in [3.8, 4) is 5.75 Å². The van der Waals surface area contributed by atoms with Crippen molar-refractivity contribution < 1.29 is 18.7 Å². The number of rotatable bonds is 6. The number of carbonyl (C=O) groups is 2. The van der Waals surface area contributed by atoms with Gasteiger partial charge in [0.15, 0.2) is 6.61 Å². The van der Waals surface area contributed by atoms with Gasteiger partial charge in [0, 0.05) is 27.6 Å². The zero-order valence-electron chi connectivity index (χ0n) is 15.7. The van der Waals surface area contributed by atoms with E-state index in [-0.39, 0.29) is 40.3 Å². The van der Waals surface area contributed by atoms with Crippen molar-refractivity contribution in [2.75, 3.05) is 12.0 Å². The summed E-state index contributed by atoms with van der Waals surface area (Å²) in [5.74, 6) is -0.754.